The molecule has 0 fully saturated rings. The third-order valence-electron chi connectivity index (χ3n) is 5.79. The number of nitrogens with zero attached hydrogens (tertiary/aromatic N) is 2. The summed E-state index contributed by atoms with van der Waals surface area (Å²) in [5, 5.41) is 3.60. The summed E-state index contributed by atoms with van der Waals surface area (Å²) in [7, 11) is 1.59. The summed E-state index contributed by atoms with van der Waals surface area (Å²) in [6.45, 7) is 5.88. The van der Waals surface area contributed by atoms with Crippen molar-refractivity contribution in [2.75, 3.05) is 24.8 Å². The second-order valence-electron chi connectivity index (χ2n) is 8.13. The van der Waals surface area contributed by atoms with Gasteiger partial charge in [-0.05, 0) is 55.2 Å². The zero-order chi connectivity index (χ0) is 24.4. The topological polar surface area (TPSA) is 117 Å². The molecule has 2 aromatic carbocycles. The molecule has 0 unspecified atom stereocenters. The summed E-state index contributed by atoms with van der Waals surface area (Å²) < 4.78 is 13.3. The average Bonchev–Trinajstić information content (AvgIpc) is 3.18. The molecule has 0 saturated carbocycles. The number of aromatic nitrogens is 2. The van der Waals surface area contributed by atoms with Crippen molar-refractivity contribution in [1.29, 1.82) is 0 Å². The third kappa shape index (κ3) is 4.22. The van der Waals surface area contributed by atoms with Crippen LogP contribution in [0.1, 0.15) is 23.6 Å². The molecule has 0 bridgehead atoms. The summed E-state index contributed by atoms with van der Waals surface area (Å²) in [4.78, 5) is 16.4. The normalized spacial score (nSPS) is 10.9. The Hall–Kier alpha value is -4.20. The van der Waals surface area contributed by atoms with Crippen LogP contribution in [0.2, 0.25) is 0 Å². The number of imidazole rings is 1. The number of anilines is 3. The highest BCUT2D eigenvalue weighted by Gasteiger charge is 2.24. The number of benzene rings is 2. The first-order valence-corrected chi connectivity index (χ1v) is 11.1. The number of fused-ring (bicyclic) bond motifs is 1. The van der Waals surface area contributed by atoms with Crippen LogP contribution in [0.15, 0.2) is 48.7 Å². The number of methoxy groups -OCH3 is 1. The minimum absolute atomic E-state index is 0.265. The van der Waals surface area contributed by atoms with Crippen molar-refractivity contribution in [2.24, 2.45) is 5.73 Å². The van der Waals surface area contributed by atoms with E-state index in [2.05, 4.69) is 31.3 Å². The molecule has 176 valence electrons. The van der Waals surface area contributed by atoms with E-state index in [1.807, 2.05) is 41.8 Å². The van der Waals surface area contributed by atoms with E-state index in [1.165, 1.54) is 0 Å². The van der Waals surface area contributed by atoms with Crippen LogP contribution in [-0.4, -0.2) is 29.0 Å². The van der Waals surface area contributed by atoms with Crippen molar-refractivity contribution in [3.05, 3.63) is 65.4 Å². The number of primary amides is 1. The molecule has 4 aromatic rings. The van der Waals surface area contributed by atoms with Gasteiger partial charge in [0.2, 0.25) is 0 Å². The molecule has 0 spiro atoms. The maximum Gasteiger partial charge on any atom is 0.255 e. The number of pyridine rings is 1. The molecular weight excluding hydrogens is 430 g/mol. The van der Waals surface area contributed by atoms with E-state index in [4.69, 9.17) is 25.9 Å². The molecule has 0 aliphatic heterocycles. The molecule has 2 heterocycles. The zero-order valence-corrected chi connectivity index (χ0v) is 19.8. The summed E-state index contributed by atoms with van der Waals surface area (Å²) in [5.41, 5.74) is 18.4. The van der Waals surface area contributed by atoms with Crippen molar-refractivity contribution in [3.8, 4) is 22.8 Å². The molecule has 0 aliphatic carbocycles. The van der Waals surface area contributed by atoms with Gasteiger partial charge in [0.05, 0.1) is 12.8 Å². The Labute approximate surface area is 198 Å². The third-order valence-corrected chi connectivity index (χ3v) is 5.79. The van der Waals surface area contributed by atoms with Crippen LogP contribution >= 0.6 is 0 Å². The monoisotopic (exact) mass is 459 g/mol. The smallest absolute Gasteiger partial charge is 0.255 e. The number of nitrogen functional groups attached to an aromatic ring is 1. The van der Waals surface area contributed by atoms with Crippen LogP contribution in [0, 0.1) is 13.8 Å². The van der Waals surface area contributed by atoms with Crippen LogP contribution in [-0.2, 0) is 11.2 Å². The number of amides is 1. The molecule has 0 aliphatic rings. The maximum absolute atomic E-state index is 11.5. The Morgan fingerprint density at radius 3 is 2.53 bits per heavy atom. The lowest BCUT2D eigenvalue weighted by Crippen LogP contribution is -2.20. The number of carbonyl (C=O) groups excluding carboxylic acids is 1. The van der Waals surface area contributed by atoms with E-state index < -0.39 is 5.91 Å². The maximum atomic E-state index is 11.5. The number of hydrogen-bond donors (Lipinski definition) is 3. The summed E-state index contributed by atoms with van der Waals surface area (Å²) in [6, 6.07) is 13.5. The van der Waals surface area contributed by atoms with Crippen LogP contribution < -0.4 is 26.3 Å². The molecule has 4 rings (SSSR count). The fourth-order valence-corrected chi connectivity index (χ4v) is 4.09. The van der Waals surface area contributed by atoms with Crippen LogP contribution in [0.25, 0.3) is 16.9 Å². The number of carbonyl (C=O) groups is 1. The number of aryl methyl sites for hydroxylation is 3. The quantitative estimate of drug-likeness (QED) is 0.360. The van der Waals surface area contributed by atoms with Gasteiger partial charge in [0.25, 0.3) is 5.91 Å². The molecule has 34 heavy (non-hydrogen) atoms. The Balaban J connectivity index is 2.02. The van der Waals surface area contributed by atoms with Gasteiger partial charge in [0, 0.05) is 23.5 Å². The van der Waals surface area contributed by atoms with E-state index in [9.17, 15) is 4.79 Å². The van der Waals surface area contributed by atoms with Crippen LogP contribution in [0.4, 0.5) is 17.2 Å². The first kappa shape index (κ1) is 23.0. The van der Waals surface area contributed by atoms with Crippen LogP contribution in [0.3, 0.4) is 0 Å². The van der Waals surface area contributed by atoms with Crippen molar-refractivity contribution < 1.29 is 14.3 Å². The second kappa shape index (κ2) is 9.35. The lowest BCUT2D eigenvalue weighted by molar-refractivity contribution is -0.119. The highest BCUT2D eigenvalue weighted by atomic mass is 16.5. The SMILES string of the molecule is CCc1cc(OC)cc(OCC(N)=O)c1-c1nc2c(N)cccn2c1Nc1c(C)cccc1C. The van der Waals surface area contributed by atoms with E-state index in [0.717, 1.165) is 33.8 Å². The first-order valence-electron chi connectivity index (χ1n) is 11.1. The average molecular weight is 460 g/mol. The second-order valence-corrected chi connectivity index (χ2v) is 8.13. The van der Waals surface area contributed by atoms with Crippen LogP contribution in [0.5, 0.6) is 11.5 Å². The van der Waals surface area contributed by atoms with Gasteiger partial charge in [-0.1, -0.05) is 25.1 Å². The van der Waals surface area contributed by atoms with Gasteiger partial charge in [-0.3, -0.25) is 9.20 Å². The fourth-order valence-electron chi connectivity index (χ4n) is 4.09. The first-order chi connectivity index (χ1) is 16.3. The molecule has 0 radical (unpaired) electrons. The minimum atomic E-state index is -0.569. The van der Waals surface area contributed by atoms with Gasteiger partial charge in [-0.2, -0.15) is 0 Å². The lowest BCUT2D eigenvalue weighted by atomic mass is 10.00. The van der Waals surface area contributed by atoms with Crippen molar-refractivity contribution in [1.82, 2.24) is 9.38 Å². The Bertz CT molecular complexity index is 1360. The number of nitrogens with one attached hydrogen (secondary N) is 1. The number of rotatable bonds is 8. The lowest BCUT2D eigenvalue weighted by Gasteiger charge is -2.18. The summed E-state index contributed by atoms with van der Waals surface area (Å²) in [5.74, 6) is 1.25. The predicted octanol–water partition coefficient (Wildman–Crippen LogP) is 4.38. The number of hydrogen-bond acceptors (Lipinski definition) is 6. The van der Waals surface area contributed by atoms with Gasteiger partial charge >= 0.3 is 0 Å². The van der Waals surface area contributed by atoms with Crippen molar-refractivity contribution >= 4 is 28.7 Å². The number of para-hydroxylation sites is 1. The highest BCUT2D eigenvalue weighted by Crippen LogP contribution is 2.42. The zero-order valence-electron chi connectivity index (χ0n) is 19.8. The van der Waals surface area contributed by atoms with Gasteiger partial charge < -0.3 is 26.3 Å². The van der Waals surface area contributed by atoms with Crippen molar-refractivity contribution in [2.45, 2.75) is 27.2 Å². The molecule has 1 amide bonds. The van der Waals surface area contributed by atoms with Gasteiger partial charge in [-0.25, -0.2) is 4.98 Å². The molecule has 8 nitrogen and oxygen atoms in total. The minimum Gasteiger partial charge on any atom is -0.497 e. The number of ether oxygens (including phenoxy) is 2. The van der Waals surface area contributed by atoms with E-state index in [1.54, 1.807) is 13.2 Å². The molecule has 0 saturated heterocycles. The highest BCUT2D eigenvalue weighted by molar-refractivity contribution is 5.88. The standard InChI is InChI=1S/C26H29N5O3/c1-5-17-12-18(33-4)13-20(34-14-21(28)32)22(17)24-26(29-23-15(2)8-6-9-16(23)3)31-11-7-10-19(27)25(31)30-24/h6-13,29H,5,14,27H2,1-4H3,(H2,28,32). The summed E-state index contributed by atoms with van der Waals surface area (Å²) >= 11 is 0. The molecular formula is C26H29N5O3. The van der Waals surface area contributed by atoms with E-state index >= 15 is 0 Å². The van der Waals surface area contributed by atoms with Gasteiger partial charge in [-0.15, -0.1) is 0 Å². The van der Waals surface area contributed by atoms with E-state index in [-0.39, 0.29) is 6.61 Å². The Morgan fingerprint density at radius 2 is 1.88 bits per heavy atom. The van der Waals surface area contributed by atoms with E-state index in [0.29, 0.717) is 34.9 Å². The van der Waals surface area contributed by atoms with Gasteiger partial charge in [0.15, 0.2) is 12.3 Å². The Kier molecular flexibility index (Phi) is 6.32. The van der Waals surface area contributed by atoms with Gasteiger partial charge in [0.1, 0.15) is 23.0 Å². The molecule has 8 heteroatoms. The molecule has 5 N–H and O–H groups in total. The Morgan fingerprint density at radius 1 is 1.15 bits per heavy atom. The molecule has 2 aromatic heterocycles. The largest absolute Gasteiger partial charge is 0.497 e. The fraction of sp³-hybridized carbons (Fsp3) is 0.231. The number of nitrogens with two attached hydrogens (primary N) is 2. The predicted molar refractivity (Wildman–Crippen MR) is 135 cm³/mol. The van der Waals surface area contributed by atoms with Crippen molar-refractivity contribution in [3.63, 3.8) is 0 Å². The molecule has 0 atom stereocenters. The summed E-state index contributed by atoms with van der Waals surface area (Å²) in [6.07, 6.45) is 2.60.